The van der Waals surface area contributed by atoms with Gasteiger partial charge in [0, 0.05) is 36.7 Å². The van der Waals surface area contributed by atoms with Crippen LogP contribution >= 0.6 is 0 Å². The Bertz CT molecular complexity index is 501. The van der Waals surface area contributed by atoms with E-state index in [1.54, 1.807) is 6.07 Å². The highest BCUT2D eigenvalue weighted by molar-refractivity contribution is 5.84. The molecule has 0 saturated carbocycles. The Kier molecular flexibility index (Phi) is 3.92. The van der Waals surface area contributed by atoms with Gasteiger partial charge in [-0.05, 0) is 19.1 Å². The number of hydrogen-bond donors (Lipinski definition) is 0. The molecule has 20 heavy (non-hydrogen) atoms. The van der Waals surface area contributed by atoms with Crippen LogP contribution in [0.2, 0.25) is 0 Å². The van der Waals surface area contributed by atoms with Gasteiger partial charge in [-0.25, -0.2) is 0 Å². The second-order valence-corrected chi connectivity index (χ2v) is 4.98. The fourth-order valence-electron chi connectivity index (χ4n) is 2.42. The standard InChI is InChI=1S/C14H16F3NO2/c1-9-10(2)18(7-6-13(9)19)11-4-3-5-12(8-11)20-14(15,16)17/h3-5,8-10H,6-7H2,1-2H3. The van der Waals surface area contributed by atoms with Crippen LogP contribution in [-0.2, 0) is 4.79 Å². The summed E-state index contributed by atoms with van der Waals surface area (Å²) in [5.74, 6) is -0.181. The van der Waals surface area contributed by atoms with Crippen molar-refractivity contribution in [3.63, 3.8) is 0 Å². The first kappa shape index (κ1) is 14.7. The molecule has 3 nitrogen and oxygen atoms in total. The number of ether oxygens (including phenoxy) is 1. The molecule has 0 N–H and O–H groups in total. The molecule has 2 rings (SSSR count). The molecule has 6 heteroatoms. The Balaban J connectivity index is 2.20. The molecule has 0 spiro atoms. The van der Waals surface area contributed by atoms with E-state index in [1.165, 1.54) is 18.2 Å². The lowest BCUT2D eigenvalue weighted by atomic mass is 9.90. The molecule has 0 radical (unpaired) electrons. The third kappa shape index (κ3) is 3.23. The van der Waals surface area contributed by atoms with Crippen LogP contribution in [0.25, 0.3) is 0 Å². The van der Waals surface area contributed by atoms with E-state index in [-0.39, 0.29) is 23.5 Å². The Morgan fingerprint density at radius 2 is 2.00 bits per heavy atom. The lowest BCUT2D eigenvalue weighted by Crippen LogP contribution is -2.46. The molecule has 2 unspecified atom stereocenters. The molecular weight excluding hydrogens is 271 g/mol. The lowest BCUT2D eigenvalue weighted by Gasteiger charge is -2.38. The van der Waals surface area contributed by atoms with Gasteiger partial charge in [0.2, 0.25) is 0 Å². The van der Waals surface area contributed by atoms with Gasteiger partial charge >= 0.3 is 6.36 Å². The largest absolute Gasteiger partial charge is 0.573 e. The van der Waals surface area contributed by atoms with Crippen molar-refractivity contribution in [3.05, 3.63) is 24.3 Å². The molecule has 1 aromatic rings. The summed E-state index contributed by atoms with van der Waals surface area (Å²) in [7, 11) is 0. The minimum Gasteiger partial charge on any atom is -0.406 e. The molecule has 1 aliphatic heterocycles. The lowest BCUT2D eigenvalue weighted by molar-refractivity contribution is -0.274. The maximum absolute atomic E-state index is 12.2. The molecule has 0 bridgehead atoms. The predicted octanol–water partition coefficient (Wildman–Crippen LogP) is 3.39. The number of nitrogens with zero attached hydrogens (tertiary/aromatic N) is 1. The van der Waals surface area contributed by atoms with E-state index in [9.17, 15) is 18.0 Å². The Morgan fingerprint density at radius 3 is 2.65 bits per heavy atom. The van der Waals surface area contributed by atoms with Crippen molar-refractivity contribution in [2.24, 2.45) is 5.92 Å². The number of halogens is 3. The summed E-state index contributed by atoms with van der Waals surface area (Å²) in [5.41, 5.74) is 0.638. The topological polar surface area (TPSA) is 29.5 Å². The van der Waals surface area contributed by atoms with Crippen molar-refractivity contribution < 1.29 is 22.7 Å². The van der Waals surface area contributed by atoms with E-state index < -0.39 is 6.36 Å². The van der Waals surface area contributed by atoms with Crippen molar-refractivity contribution in [3.8, 4) is 5.75 Å². The minimum absolute atomic E-state index is 0.0441. The number of anilines is 1. The van der Waals surface area contributed by atoms with Crippen LogP contribution < -0.4 is 9.64 Å². The molecular formula is C14H16F3NO2. The highest BCUT2D eigenvalue weighted by atomic mass is 19.4. The van der Waals surface area contributed by atoms with Crippen LogP contribution in [0.1, 0.15) is 20.3 Å². The number of Topliss-reactive ketones (excluding diaryl/α,β-unsaturated/α-hetero) is 1. The molecule has 1 fully saturated rings. The first-order valence-electron chi connectivity index (χ1n) is 6.43. The van der Waals surface area contributed by atoms with Gasteiger partial charge in [0.1, 0.15) is 11.5 Å². The number of alkyl halides is 3. The summed E-state index contributed by atoms with van der Waals surface area (Å²) >= 11 is 0. The maximum atomic E-state index is 12.2. The number of carbonyl (C=O) groups excluding carboxylic acids is 1. The fourth-order valence-corrected chi connectivity index (χ4v) is 2.42. The van der Waals surface area contributed by atoms with E-state index in [2.05, 4.69) is 4.74 Å². The molecule has 110 valence electrons. The van der Waals surface area contributed by atoms with Crippen molar-refractivity contribution >= 4 is 11.5 Å². The highest BCUT2D eigenvalue weighted by Crippen LogP contribution is 2.31. The van der Waals surface area contributed by atoms with E-state index in [1.807, 2.05) is 18.7 Å². The fraction of sp³-hybridized carbons (Fsp3) is 0.500. The maximum Gasteiger partial charge on any atom is 0.573 e. The zero-order chi connectivity index (χ0) is 14.9. The van der Waals surface area contributed by atoms with Crippen molar-refractivity contribution in [2.45, 2.75) is 32.7 Å². The number of rotatable bonds is 2. The molecule has 0 aliphatic carbocycles. The average Bonchev–Trinajstić information content (AvgIpc) is 2.34. The summed E-state index contributed by atoms with van der Waals surface area (Å²) in [6, 6.07) is 5.82. The van der Waals surface area contributed by atoms with Gasteiger partial charge in [0.25, 0.3) is 0 Å². The van der Waals surface area contributed by atoms with Gasteiger partial charge in [0.15, 0.2) is 0 Å². The molecule has 1 aromatic carbocycles. The van der Waals surface area contributed by atoms with Crippen LogP contribution in [-0.4, -0.2) is 24.7 Å². The number of piperidine rings is 1. The number of hydrogen-bond acceptors (Lipinski definition) is 3. The SMILES string of the molecule is CC1C(=O)CCN(c2cccc(OC(F)(F)F)c2)C1C. The normalized spacial score (nSPS) is 23.9. The summed E-state index contributed by atoms with van der Waals surface area (Å²) in [6.45, 7) is 4.26. The first-order chi connectivity index (χ1) is 9.28. The van der Waals surface area contributed by atoms with Crippen molar-refractivity contribution in [1.29, 1.82) is 0 Å². The number of benzene rings is 1. The Morgan fingerprint density at radius 1 is 1.30 bits per heavy atom. The quantitative estimate of drug-likeness (QED) is 0.835. The zero-order valence-corrected chi connectivity index (χ0v) is 11.3. The van der Waals surface area contributed by atoms with Gasteiger partial charge in [-0.2, -0.15) is 0 Å². The van der Waals surface area contributed by atoms with Crippen LogP contribution in [0.15, 0.2) is 24.3 Å². The smallest absolute Gasteiger partial charge is 0.406 e. The average molecular weight is 287 g/mol. The van der Waals surface area contributed by atoms with Gasteiger partial charge in [-0.15, -0.1) is 13.2 Å². The summed E-state index contributed by atoms with van der Waals surface area (Å²) in [4.78, 5) is 13.6. The number of ketones is 1. The third-order valence-corrected chi connectivity index (χ3v) is 3.71. The van der Waals surface area contributed by atoms with E-state index in [0.29, 0.717) is 18.7 Å². The summed E-state index contributed by atoms with van der Waals surface area (Å²) in [5, 5.41) is 0. The molecule has 1 heterocycles. The van der Waals surface area contributed by atoms with E-state index in [0.717, 1.165) is 0 Å². The minimum atomic E-state index is -4.70. The van der Waals surface area contributed by atoms with Gasteiger partial charge in [-0.1, -0.05) is 13.0 Å². The van der Waals surface area contributed by atoms with Crippen molar-refractivity contribution in [2.75, 3.05) is 11.4 Å². The van der Waals surface area contributed by atoms with Gasteiger partial charge < -0.3 is 9.64 Å². The third-order valence-electron chi connectivity index (χ3n) is 3.71. The van der Waals surface area contributed by atoms with Crippen LogP contribution in [0.4, 0.5) is 18.9 Å². The summed E-state index contributed by atoms with van der Waals surface area (Å²) in [6.07, 6.45) is -4.29. The highest BCUT2D eigenvalue weighted by Gasteiger charge is 2.33. The Hall–Kier alpha value is -1.72. The Labute approximate surface area is 115 Å². The van der Waals surface area contributed by atoms with E-state index in [4.69, 9.17) is 0 Å². The molecule has 1 aliphatic rings. The molecule has 1 saturated heterocycles. The van der Waals surface area contributed by atoms with Gasteiger partial charge in [-0.3, -0.25) is 4.79 Å². The van der Waals surface area contributed by atoms with Gasteiger partial charge in [0.05, 0.1) is 0 Å². The monoisotopic (exact) mass is 287 g/mol. The van der Waals surface area contributed by atoms with Crippen molar-refractivity contribution in [1.82, 2.24) is 0 Å². The first-order valence-corrected chi connectivity index (χ1v) is 6.43. The molecule has 2 atom stereocenters. The molecule has 0 amide bonds. The van der Waals surface area contributed by atoms with Crippen LogP contribution in [0, 0.1) is 5.92 Å². The predicted molar refractivity (Wildman–Crippen MR) is 68.7 cm³/mol. The number of carbonyl (C=O) groups is 1. The summed E-state index contributed by atoms with van der Waals surface area (Å²) < 4.78 is 40.6. The second kappa shape index (κ2) is 5.34. The van der Waals surface area contributed by atoms with Crippen LogP contribution in [0.5, 0.6) is 5.75 Å². The van der Waals surface area contributed by atoms with E-state index >= 15 is 0 Å². The second-order valence-electron chi connectivity index (χ2n) is 4.98. The van der Waals surface area contributed by atoms with Crippen LogP contribution in [0.3, 0.4) is 0 Å². The molecule has 0 aromatic heterocycles. The zero-order valence-electron chi connectivity index (χ0n) is 11.3.